The summed E-state index contributed by atoms with van der Waals surface area (Å²) in [6.45, 7) is 8.59. The van der Waals surface area contributed by atoms with Crippen molar-refractivity contribution in [3.63, 3.8) is 0 Å². The molecule has 106 valence electrons. The van der Waals surface area contributed by atoms with Crippen LogP contribution in [0.25, 0.3) is 10.8 Å². The van der Waals surface area contributed by atoms with Crippen molar-refractivity contribution in [3.05, 3.63) is 70.8 Å². The normalized spacial score (nSPS) is 10.9. The summed E-state index contributed by atoms with van der Waals surface area (Å²) in [5.41, 5.74) is 7.54. The third-order valence-electron chi connectivity index (χ3n) is 3.94. The van der Waals surface area contributed by atoms with Gasteiger partial charge in [-0.25, -0.2) is 0 Å². The lowest BCUT2D eigenvalue weighted by atomic mass is 10.0. The number of aryl methyl sites for hydroxylation is 4. The van der Waals surface area contributed by atoms with E-state index in [0.717, 1.165) is 5.69 Å². The van der Waals surface area contributed by atoms with Crippen LogP contribution in [0.1, 0.15) is 22.3 Å². The van der Waals surface area contributed by atoms with Crippen LogP contribution in [-0.4, -0.2) is 0 Å². The Morgan fingerprint density at radius 3 is 1.95 bits per heavy atom. The second kappa shape index (κ2) is 5.25. The average molecular weight is 275 g/mol. The smallest absolute Gasteiger partial charge is 0.0443 e. The topological polar surface area (TPSA) is 12.0 Å². The number of benzene rings is 3. The van der Waals surface area contributed by atoms with Gasteiger partial charge in [-0.3, -0.25) is 0 Å². The summed E-state index contributed by atoms with van der Waals surface area (Å²) in [7, 11) is 0. The number of hydrogen-bond donors (Lipinski definition) is 1. The highest BCUT2D eigenvalue weighted by atomic mass is 14.9. The molecule has 0 aliphatic heterocycles. The van der Waals surface area contributed by atoms with Gasteiger partial charge in [0.25, 0.3) is 0 Å². The van der Waals surface area contributed by atoms with Gasteiger partial charge >= 0.3 is 0 Å². The first-order valence-corrected chi connectivity index (χ1v) is 7.38. The highest BCUT2D eigenvalue weighted by Gasteiger charge is 2.05. The molecule has 0 spiro atoms. The van der Waals surface area contributed by atoms with Crippen LogP contribution in [0.15, 0.2) is 48.5 Å². The van der Waals surface area contributed by atoms with Crippen LogP contribution in [0.5, 0.6) is 0 Å². The van der Waals surface area contributed by atoms with E-state index in [2.05, 4.69) is 81.5 Å². The van der Waals surface area contributed by atoms with E-state index in [1.54, 1.807) is 0 Å². The molecule has 0 fully saturated rings. The molecule has 0 saturated carbocycles. The molecule has 0 bridgehead atoms. The summed E-state index contributed by atoms with van der Waals surface area (Å²) in [5.74, 6) is 0. The second-order valence-corrected chi connectivity index (χ2v) is 5.96. The van der Waals surface area contributed by atoms with Gasteiger partial charge in [0.1, 0.15) is 0 Å². The van der Waals surface area contributed by atoms with Crippen molar-refractivity contribution in [3.8, 4) is 0 Å². The van der Waals surface area contributed by atoms with E-state index in [9.17, 15) is 0 Å². The Bertz CT molecular complexity index is 792. The van der Waals surface area contributed by atoms with Gasteiger partial charge in [-0.05, 0) is 61.7 Å². The molecule has 0 aromatic heterocycles. The van der Waals surface area contributed by atoms with Gasteiger partial charge in [0.15, 0.2) is 0 Å². The zero-order chi connectivity index (χ0) is 15.0. The van der Waals surface area contributed by atoms with Crippen LogP contribution >= 0.6 is 0 Å². The fourth-order valence-electron chi connectivity index (χ4n) is 2.96. The van der Waals surface area contributed by atoms with Crippen molar-refractivity contribution >= 4 is 22.1 Å². The molecule has 1 heteroatoms. The van der Waals surface area contributed by atoms with E-state index in [1.807, 2.05) is 0 Å². The van der Waals surface area contributed by atoms with E-state index in [4.69, 9.17) is 0 Å². The number of fused-ring (bicyclic) bond motifs is 1. The van der Waals surface area contributed by atoms with Gasteiger partial charge in [0.05, 0.1) is 0 Å². The fraction of sp³-hybridized carbons (Fsp3) is 0.200. The van der Waals surface area contributed by atoms with Crippen LogP contribution in [0.4, 0.5) is 11.4 Å². The lowest BCUT2D eigenvalue weighted by Crippen LogP contribution is -1.97. The Hall–Kier alpha value is -2.28. The molecule has 0 saturated heterocycles. The molecule has 3 aromatic carbocycles. The summed E-state index contributed by atoms with van der Waals surface area (Å²) in [6.07, 6.45) is 0. The van der Waals surface area contributed by atoms with Gasteiger partial charge in [0, 0.05) is 11.4 Å². The summed E-state index contributed by atoms with van der Waals surface area (Å²) in [6, 6.07) is 17.6. The van der Waals surface area contributed by atoms with Crippen LogP contribution < -0.4 is 5.32 Å². The Labute approximate surface area is 126 Å². The highest BCUT2D eigenvalue weighted by molar-refractivity contribution is 5.87. The van der Waals surface area contributed by atoms with E-state index in [1.165, 1.54) is 38.7 Å². The predicted octanol–water partition coefficient (Wildman–Crippen LogP) is 5.82. The molecule has 3 aromatic rings. The van der Waals surface area contributed by atoms with Gasteiger partial charge in [-0.1, -0.05) is 47.5 Å². The monoisotopic (exact) mass is 275 g/mol. The molecule has 1 N–H and O–H groups in total. The van der Waals surface area contributed by atoms with Crippen molar-refractivity contribution in [2.75, 3.05) is 5.32 Å². The van der Waals surface area contributed by atoms with Crippen LogP contribution in [0.2, 0.25) is 0 Å². The molecule has 0 unspecified atom stereocenters. The van der Waals surface area contributed by atoms with E-state index >= 15 is 0 Å². The SMILES string of the molecule is Cc1cc(C)c(Nc2ccc3cc(C)ccc3c2)c(C)c1. The lowest BCUT2D eigenvalue weighted by molar-refractivity contribution is 1.31. The number of hydrogen-bond acceptors (Lipinski definition) is 1. The van der Waals surface area contributed by atoms with Gasteiger partial charge in [-0.2, -0.15) is 0 Å². The molecular formula is C20H21N. The average Bonchev–Trinajstić information content (AvgIpc) is 2.43. The number of nitrogens with one attached hydrogen (secondary N) is 1. The molecular weight excluding hydrogens is 254 g/mol. The minimum Gasteiger partial charge on any atom is -0.355 e. The number of rotatable bonds is 2. The first-order valence-electron chi connectivity index (χ1n) is 7.38. The molecule has 0 heterocycles. The minimum atomic E-state index is 1.14. The zero-order valence-corrected chi connectivity index (χ0v) is 13.1. The lowest BCUT2D eigenvalue weighted by Gasteiger charge is -2.14. The summed E-state index contributed by atoms with van der Waals surface area (Å²) < 4.78 is 0. The summed E-state index contributed by atoms with van der Waals surface area (Å²) >= 11 is 0. The largest absolute Gasteiger partial charge is 0.355 e. The Balaban J connectivity index is 2.00. The van der Waals surface area contributed by atoms with Crippen LogP contribution in [0, 0.1) is 27.7 Å². The first kappa shape index (κ1) is 13.7. The summed E-state index contributed by atoms with van der Waals surface area (Å²) in [5, 5.41) is 6.14. The maximum absolute atomic E-state index is 3.57. The minimum absolute atomic E-state index is 1.14. The first-order chi connectivity index (χ1) is 10.0. The van der Waals surface area contributed by atoms with Gasteiger partial charge in [0.2, 0.25) is 0 Å². The van der Waals surface area contributed by atoms with Crippen molar-refractivity contribution < 1.29 is 0 Å². The van der Waals surface area contributed by atoms with Gasteiger partial charge < -0.3 is 5.32 Å². The molecule has 0 aliphatic rings. The fourth-order valence-corrected chi connectivity index (χ4v) is 2.96. The maximum Gasteiger partial charge on any atom is 0.0443 e. The maximum atomic E-state index is 3.57. The van der Waals surface area contributed by atoms with Crippen molar-refractivity contribution in [2.45, 2.75) is 27.7 Å². The third kappa shape index (κ3) is 2.78. The molecule has 21 heavy (non-hydrogen) atoms. The molecule has 0 aliphatic carbocycles. The molecule has 0 radical (unpaired) electrons. The quantitative estimate of drug-likeness (QED) is 0.621. The summed E-state index contributed by atoms with van der Waals surface area (Å²) in [4.78, 5) is 0. The predicted molar refractivity (Wildman–Crippen MR) is 92.6 cm³/mol. The highest BCUT2D eigenvalue weighted by Crippen LogP contribution is 2.28. The van der Waals surface area contributed by atoms with Crippen molar-refractivity contribution in [1.29, 1.82) is 0 Å². The third-order valence-corrected chi connectivity index (χ3v) is 3.94. The molecule has 3 rings (SSSR count). The second-order valence-electron chi connectivity index (χ2n) is 5.96. The molecule has 0 atom stereocenters. The van der Waals surface area contributed by atoms with E-state index < -0.39 is 0 Å². The number of anilines is 2. The Kier molecular flexibility index (Phi) is 3.42. The zero-order valence-electron chi connectivity index (χ0n) is 13.1. The van der Waals surface area contributed by atoms with E-state index in [-0.39, 0.29) is 0 Å². The Morgan fingerprint density at radius 2 is 1.24 bits per heavy atom. The van der Waals surface area contributed by atoms with Crippen molar-refractivity contribution in [2.24, 2.45) is 0 Å². The van der Waals surface area contributed by atoms with Crippen LogP contribution in [0.3, 0.4) is 0 Å². The van der Waals surface area contributed by atoms with Crippen LogP contribution in [-0.2, 0) is 0 Å². The van der Waals surface area contributed by atoms with Gasteiger partial charge in [-0.15, -0.1) is 0 Å². The molecule has 1 nitrogen and oxygen atoms in total. The standard InChI is InChI=1S/C20H21N/c1-13-5-6-18-12-19(8-7-17(18)11-13)21-20-15(3)9-14(2)10-16(20)4/h5-12,21H,1-4H3. The Morgan fingerprint density at radius 1 is 0.619 bits per heavy atom. The molecule has 0 amide bonds. The van der Waals surface area contributed by atoms with E-state index in [0.29, 0.717) is 0 Å². The van der Waals surface area contributed by atoms with Crippen molar-refractivity contribution in [1.82, 2.24) is 0 Å².